The maximum atomic E-state index is 12.9. The average molecular weight is 417 g/mol. The number of hydrogen-bond donors (Lipinski definition) is 0. The Balaban J connectivity index is 1.50. The largest absolute Gasteiger partial charge is 0.497 e. The van der Waals surface area contributed by atoms with E-state index in [1.807, 2.05) is 30.9 Å². The minimum Gasteiger partial charge on any atom is -0.497 e. The molecule has 0 radical (unpaired) electrons. The van der Waals surface area contributed by atoms with Gasteiger partial charge in [0, 0.05) is 36.6 Å². The van der Waals surface area contributed by atoms with Gasteiger partial charge in [-0.3, -0.25) is 14.8 Å². The highest BCUT2D eigenvalue weighted by Gasteiger charge is 2.27. The third kappa shape index (κ3) is 5.08. The van der Waals surface area contributed by atoms with Crippen LogP contribution in [0, 0.1) is 13.8 Å². The Morgan fingerprint density at radius 2 is 1.87 bits per heavy atom. The van der Waals surface area contributed by atoms with Crippen LogP contribution in [0.4, 0.5) is 0 Å². The number of nitrogens with zero attached hydrogens (tertiary/aromatic N) is 4. The fourth-order valence-electron chi connectivity index (χ4n) is 4.13. The van der Waals surface area contributed by atoms with Gasteiger partial charge >= 0.3 is 0 Å². The number of piperidine rings is 1. The van der Waals surface area contributed by atoms with Gasteiger partial charge in [-0.15, -0.1) is 0 Å². The van der Waals surface area contributed by atoms with Crippen LogP contribution < -0.4 is 4.74 Å². The lowest BCUT2D eigenvalue weighted by Gasteiger charge is -2.32. The summed E-state index contributed by atoms with van der Waals surface area (Å²) in [5, 5.41) is 0. The summed E-state index contributed by atoms with van der Waals surface area (Å²) in [4.78, 5) is 28.1. The molecular formula is C25H28N4O2. The Morgan fingerprint density at radius 1 is 1.06 bits per heavy atom. The molecule has 31 heavy (non-hydrogen) atoms. The Labute approximate surface area is 183 Å². The van der Waals surface area contributed by atoms with Crippen LogP contribution in [0.5, 0.6) is 5.75 Å². The van der Waals surface area contributed by atoms with Gasteiger partial charge in [0.1, 0.15) is 11.4 Å². The fourth-order valence-corrected chi connectivity index (χ4v) is 4.13. The zero-order chi connectivity index (χ0) is 21.8. The van der Waals surface area contributed by atoms with Gasteiger partial charge in [-0.2, -0.15) is 0 Å². The first kappa shape index (κ1) is 21.0. The summed E-state index contributed by atoms with van der Waals surface area (Å²) in [6.07, 6.45) is 6.04. The molecule has 1 amide bonds. The van der Waals surface area contributed by atoms with Crippen LogP contribution in [-0.2, 0) is 6.42 Å². The Kier molecular flexibility index (Phi) is 6.26. The standard InChI is InChI=1S/C25H28N4O2/c1-17-11-20(12-19-6-8-22(31-3)9-7-19)13-23(28-17)21-5-4-10-29(16-21)25(30)24-15-26-18(2)14-27-24/h6-9,11,13-15,21H,4-5,10,12,16H2,1-3H3. The second kappa shape index (κ2) is 9.25. The lowest BCUT2D eigenvalue weighted by atomic mass is 9.92. The van der Waals surface area contributed by atoms with Crippen LogP contribution >= 0.6 is 0 Å². The molecule has 1 aromatic carbocycles. The van der Waals surface area contributed by atoms with Crippen molar-refractivity contribution in [2.24, 2.45) is 0 Å². The number of amides is 1. The Morgan fingerprint density at radius 3 is 2.58 bits per heavy atom. The van der Waals surface area contributed by atoms with Crippen molar-refractivity contribution >= 4 is 5.91 Å². The fraction of sp³-hybridized carbons (Fsp3) is 0.360. The first-order valence-electron chi connectivity index (χ1n) is 10.7. The number of ether oxygens (including phenoxy) is 1. The van der Waals surface area contributed by atoms with Gasteiger partial charge in [0.05, 0.1) is 19.0 Å². The second-order valence-electron chi connectivity index (χ2n) is 8.20. The van der Waals surface area contributed by atoms with Gasteiger partial charge in [0.2, 0.25) is 0 Å². The number of likely N-dealkylation sites (tertiary alicyclic amines) is 1. The maximum absolute atomic E-state index is 12.9. The van der Waals surface area contributed by atoms with Crippen molar-refractivity contribution in [1.29, 1.82) is 0 Å². The van der Waals surface area contributed by atoms with Gasteiger partial charge in [-0.05, 0) is 68.5 Å². The number of aryl methyl sites for hydroxylation is 2. The molecule has 0 N–H and O–H groups in total. The first-order chi connectivity index (χ1) is 15.0. The van der Waals surface area contributed by atoms with Crippen LogP contribution in [0.25, 0.3) is 0 Å². The molecule has 6 nitrogen and oxygen atoms in total. The average Bonchev–Trinajstić information content (AvgIpc) is 2.79. The molecule has 0 bridgehead atoms. The molecule has 3 heterocycles. The van der Waals surface area contributed by atoms with Crippen molar-refractivity contribution in [2.45, 2.75) is 39.0 Å². The number of carbonyl (C=O) groups excluding carboxylic acids is 1. The molecule has 4 rings (SSSR count). The highest BCUT2D eigenvalue weighted by molar-refractivity contribution is 5.92. The van der Waals surface area contributed by atoms with Crippen molar-refractivity contribution in [3.63, 3.8) is 0 Å². The monoisotopic (exact) mass is 416 g/mol. The molecule has 1 atom stereocenters. The molecule has 0 aliphatic carbocycles. The number of carbonyl (C=O) groups is 1. The molecule has 1 aliphatic rings. The van der Waals surface area contributed by atoms with Gasteiger partial charge in [0.15, 0.2) is 0 Å². The summed E-state index contributed by atoms with van der Waals surface area (Å²) in [7, 11) is 1.68. The normalized spacial score (nSPS) is 16.2. The van der Waals surface area contributed by atoms with Gasteiger partial charge < -0.3 is 9.64 Å². The SMILES string of the molecule is COc1ccc(Cc2cc(C)nc(C3CCCN(C(=O)c4cnc(C)cn4)C3)c2)cc1. The zero-order valence-electron chi connectivity index (χ0n) is 18.3. The van der Waals surface area contributed by atoms with E-state index in [2.05, 4.69) is 34.2 Å². The predicted molar refractivity (Wildman–Crippen MR) is 119 cm³/mol. The molecule has 6 heteroatoms. The van der Waals surface area contributed by atoms with Gasteiger partial charge in [-0.25, -0.2) is 4.98 Å². The summed E-state index contributed by atoms with van der Waals surface area (Å²) in [5.74, 6) is 1.04. The van der Waals surface area contributed by atoms with Crippen LogP contribution in [0.2, 0.25) is 0 Å². The Bertz CT molecular complexity index is 1050. The summed E-state index contributed by atoms with van der Waals surface area (Å²) >= 11 is 0. The summed E-state index contributed by atoms with van der Waals surface area (Å²) < 4.78 is 5.25. The van der Waals surface area contributed by atoms with E-state index >= 15 is 0 Å². The van der Waals surface area contributed by atoms with E-state index in [1.165, 1.54) is 11.1 Å². The Hall–Kier alpha value is -3.28. The van der Waals surface area contributed by atoms with Crippen LogP contribution in [0.15, 0.2) is 48.8 Å². The number of methoxy groups -OCH3 is 1. The first-order valence-corrected chi connectivity index (χ1v) is 10.7. The van der Waals surface area contributed by atoms with E-state index in [1.54, 1.807) is 19.5 Å². The van der Waals surface area contributed by atoms with Crippen LogP contribution in [0.1, 0.15) is 57.5 Å². The minimum absolute atomic E-state index is 0.0525. The molecule has 1 aliphatic heterocycles. The lowest BCUT2D eigenvalue weighted by molar-refractivity contribution is 0.0699. The van der Waals surface area contributed by atoms with E-state index in [0.29, 0.717) is 12.2 Å². The van der Waals surface area contributed by atoms with Crippen molar-refractivity contribution in [3.05, 3.63) is 82.7 Å². The summed E-state index contributed by atoms with van der Waals surface area (Å²) in [6, 6.07) is 12.5. The number of hydrogen-bond acceptors (Lipinski definition) is 5. The van der Waals surface area contributed by atoms with E-state index in [4.69, 9.17) is 9.72 Å². The molecule has 160 valence electrons. The molecule has 1 fully saturated rings. The van der Waals surface area contributed by atoms with Crippen molar-refractivity contribution < 1.29 is 9.53 Å². The predicted octanol–water partition coefficient (Wildman–Crippen LogP) is 4.11. The highest BCUT2D eigenvalue weighted by atomic mass is 16.5. The molecule has 1 saturated heterocycles. The van der Waals surface area contributed by atoms with Crippen LogP contribution in [0.3, 0.4) is 0 Å². The zero-order valence-corrected chi connectivity index (χ0v) is 18.3. The molecule has 2 aromatic heterocycles. The molecule has 0 spiro atoms. The van der Waals surface area contributed by atoms with E-state index in [-0.39, 0.29) is 11.8 Å². The molecule has 3 aromatic rings. The van der Waals surface area contributed by atoms with Crippen molar-refractivity contribution in [3.8, 4) is 5.75 Å². The lowest BCUT2D eigenvalue weighted by Crippen LogP contribution is -2.39. The van der Waals surface area contributed by atoms with Crippen molar-refractivity contribution in [2.75, 3.05) is 20.2 Å². The van der Waals surface area contributed by atoms with Gasteiger partial charge in [0.25, 0.3) is 5.91 Å². The van der Waals surface area contributed by atoms with Gasteiger partial charge in [-0.1, -0.05) is 12.1 Å². The molecule has 1 unspecified atom stereocenters. The number of rotatable bonds is 5. The maximum Gasteiger partial charge on any atom is 0.274 e. The van der Waals surface area contributed by atoms with E-state index < -0.39 is 0 Å². The number of pyridine rings is 1. The van der Waals surface area contributed by atoms with Crippen molar-refractivity contribution in [1.82, 2.24) is 19.9 Å². The van der Waals surface area contributed by atoms with E-state index in [9.17, 15) is 4.79 Å². The highest BCUT2D eigenvalue weighted by Crippen LogP contribution is 2.28. The summed E-state index contributed by atoms with van der Waals surface area (Å²) in [5.41, 5.74) is 5.76. The number of benzene rings is 1. The molecular weight excluding hydrogens is 388 g/mol. The minimum atomic E-state index is -0.0525. The topological polar surface area (TPSA) is 68.2 Å². The third-order valence-corrected chi connectivity index (χ3v) is 5.73. The molecule has 0 saturated carbocycles. The van der Waals surface area contributed by atoms with E-state index in [0.717, 1.165) is 48.6 Å². The van der Waals surface area contributed by atoms with Crippen LogP contribution in [-0.4, -0.2) is 46.0 Å². The number of aromatic nitrogens is 3. The third-order valence-electron chi connectivity index (χ3n) is 5.73. The second-order valence-corrected chi connectivity index (χ2v) is 8.20. The quantitative estimate of drug-likeness (QED) is 0.626. The summed E-state index contributed by atoms with van der Waals surface area (Å²) in [6.45, 7) is 5.31. The smallest absolute Gasteiger partial charge is 0.274 e.